The molecule has 0 bridgehead atoms. The molecule has 1 rings (SSSR count). The first-order chi connectivity index (χ1) is 6.88. The Balaban J connectivity index is 2.41. The molecule has 0 amide bonds. The van der Waals surface area contributed by atoms with Crippen LogP contribution in [0.15, 0.2) is 24.3 Å². The van der Waals surface area contributed by atoms with Crippen LogP contribution in [0.5, 0.6) is 5.75 Å². The van der Waals surface area contributed by atoms with E-state index in [-0.39, 0.29) is 0 Å². The van der Waals surface area contributed by atoms with Crippen LogP contribution in [0.25, 0.3) is 0 Å². The largest absolute Gasteiger partial charge is 0.495 e. The van der Waals surface area contributed by atoms with Crippen LogP contribution in [0.2, 0.25) is 0 Å². The van der Waals surface area contributed by atoms with Crippen LogP contribution in [-0.4, -0.2) is 13.7 Å². The number of benzene rings is 1. The smallest absolute Gasteiger partial charge is 0.141 e. The highest BCUT2D eigenvalue weighted by molar-refractivity contribution is 5.55. The van der Waals surface area contributed by atoms with Crippen molar-refractivity contribution in [2.75, 3.05) is 19.0 Å². The molecule has 2 heteroatoms. The summed E-state index contributed by atoms with van der Waals surface area (Å²) < 4.78 is 5.24. The van der Waals surface area contributed by atoms with E-state index in [1.165, 1.54) is 19.3 Å². The van der Waals surface area contributed by atoms with Gasteiger partial charge in [0.2, 0.25) is 0 Å². The van der Waals surface area contributed by atoms with Crippen molar-refractivity contribution in [2.45, 2.75) is 26.2 Å². The van der Waals surface area contributed by atoms with Crippen LogP contribution in [0.3, 0.4) is 0 Å². The fourth-order valence-corrected chi connectivity index (χ4v) is 1.39. The summed E-state index contributed by atoms with van der Waals surface area (Å²) in [5.74, 6) is 0.920. The Morgan fingerprint density at radius 3 is 2.71 bits per heavy atom. The minimum Gasteiger partial charge on any atom is -0.495 e. The minimum atomic E-state index is 0.920. The summed E-state index contributed by atoms with van der Waals surface area (Å²) in [7, 11) is 1.70. The summed E-state index contributed by atoms with van der Waals surface area (Å²) in [6.07, 6.45) is 3.75. The van der Waals surface area contributed by atoms with Gasteiger partial charge < -0.3 is 10.1 Å². The van der Waals surface area contributed by atoms with Crippen LogP contribution in [0, 0.1) is 0 Å². The van der Waals surface area contributed by atoms with E-state index in [0.717, 1.165) is 18.0 Å². The lowest BCUT2D eigenvalue weighted by atomic mass is 10.2. The fraction of sp³-hybridized carbons (Fsp3) is 0.500. The highest BCUT2D eigenvalue weighted by Crippen LogP contribution is 2.22. The van der Waals surface area contributed by atoms with Gasteiger partial charge in [-0.1, -0.05) is 31.9 Å². The number of hydrogen-bond acceptors (Lipinski definition) is 2. The molecule has 0 atom stereocenters. The van der Waals surface area contributed by atoms with Crippen LogP contribution < -0.4 is 10.1 Å². The molecule has 0 radical (unpaired) electrons. The first-order valence-corrected chi connectivity index (χ1v) is 5.25. The van der Waals surface area contributed by atoms with Crippen molar-refractivity contribution in [3.8, 4) is 5.75 Å². The maximum Gasteiger partial charge on any atom is 0.141 e. The first-order valence-electron chi connectivity index (χ1n) is 5.25. The van der Waals surface area contributed by atoms with Crippen molar-refractivity contribution in [3.63, 3.8) is 0 Å². The molecular formula is C12H19NO. The van der Waals surface area contributed by atoms with Gasteiger partial charge in [0.15, 0.2) is 0 Å². The molecule has 2 nitrogen and oxygen atoms in total. The summed E-state index contributed by atoms with van der Waals surface area (Å²) in [5, 5.41) is 3.37. The second-order valence-corrected chi connectivity index (χ2v) is 3.33. The molecule has 0 aromatic heterocycles. The molecule has 14 heavy (non-hydrogen) atoms. The van der Waals surface area contributed by atoms with E-state index in [1.807, 2.05) is 24.3 Å². The number of nitrogens with one attached hydrogen (secondary N) is 1. The maximum atomic E-state index is 5.24. The second-order valence-electron chi connectivity index (χ2n) is 3.33. The van der Waals surface area contributed by atoms with E-state index in [0.29, 0.717) is 0 Å². The Morgan fingerprint density at radius 1 is 1.21 bits per heavy atom. The summed E-state index contributed by atoms with van der Waals surface area (Å²) in [5.41, 5.74) is 1.09. The number of hydrogen-bond donors (Lipinski definition) is 1. The van der Waals surface area contributed by atoms with E-state index in [1.54, 1.807) is 7.11 Å². The van der Waals surface area contributed by atoms with Crippen molar-refractivity contribution in [2.24, 2.45) is 0 Å². The molecule has 0 heterocycles. The lowest BCUT2D eigenvalue weighted by Crippen LogP contribution is -2.02. The summed E-state index contributed by atoms with van der Waals surface area (Å²) in [6.45, 7) is 3.23. The molecular weight excluding hydrogens is 174 g/mol. The molecule has 0 aliphatic heterocycles. The second kappa shape index (κ2) is 6.30. The van der Waals surface area contributed by atoms with Gasteiger partial charge >= 0.3 is 0 Å². The standard InChI is InChI=1S/C12H19NO/c1-3-4-7-10-13-11-8-5-6-9-12(11)14-2/h5-6,8-9,13H,3-4,7,10H2,1-2H3. The zero-order valence-electron chi connectivity index (χ0n) is 9.05. The topological polar surface area (TPSA) is 21.3 Å². The average Bonchev–Trinajstić information content (AvgIpc) is 2.25. The lowest BCUT2D eigenvalue weighted by Gasteiger charge is -2.10. The SMILES string of the molecule is CCCCCNc1ccccc1OC. The predicted molar refractivity (Wildman–Crippen MR) is 61.0 cm³/mol. The summed E-state index contributed by atoms with van der Waals surface area (Å²) in [4.78, 5) is 0. The third-order valence-electron chi connectivity index (χ3n) is 2.20. The Morgan fingerprint density at radius 2 is 2.00 bits per heavy atom. The first kappa shape index (κ1) is 10.9. The van der Waals surface area contributed by atoms with E-state index < -0.39 is 0 Å². The fourth-order valence-electron chi connectivity index (χ4n) is 1.39. The molecule has 0 saturated heterocycles. The van der Waals surface area contributed by atoms with Gasteiger partial charge in [-0.3, -0.25) is 0 Å². The van der Waals surface area contributed by atoms with E-state index in [4.69, 9.17) is 4.74 Å². The number of rotatable bonds is 6. The van der Waals surface area contributed by atoms with E-state index in [2.05, 4.69) is 12.2 Å². The Bertz CT molecular complexity index is 260. The third kappa shape index (κ3) is 3.29. The average molecular weight is 193 g/mol. The Labute approximate surface area is 86.3 Å². The van der Waals surface area contributed by atoms with Gasteiger partial charge in [0.1, 0.15) is 5.75 Å². The molecule has 1 N–H and O–H groups in total. The molecule has 0 saturated carbocycles. The van der Waals surface area contributed by atoms with Gasteiger partial charge in [0, 0.05) is 6.54 Å². The summed E-state index contributed by atoms with van der Waals surface area (Å²) in [6, 6.07) is 8.02. The zero-order chi connectivity index (χ0) is 10.2. The highest BCUT2D eigenvalue weighted by atomic mass is 16.5. The molecule has 0 spiro atoms. The molecule has 0 aliphatic rings. The Kier molecular flexibility index (Phi) is 4.90. The van der Waals surface area contributed by atoms with Crippen molar-refractivity contribution in [3.05, 3.63) is 24.3 Å². The van der Waals surface area contributed by atoms with Gasteiger partial charge in [-0.2, -0.15) is 0 Å². The van der Waals surface area contributed by atoms with Crippen LogP contribution >= 0.6 is 0 Å². The van der Waals surface area contributed by atoms with Crippen molar-refractivity contribution in [1.29, 1.82) is 0 Å². The van der Waals surface area contributed by atoms with Gasteiger partial charge in [0.25, 0.3) is 0 Å². The normalized spacial score (nSPS) is 9.86. The molecule has 1 aromatic carbocycles. The van der Waals surface area contributed by atoms with Crippen molar-refractivity contribution < 1.29 is 4.74 Å². The van der Waals surface area contributed by atoms with Crippen molar-refractivity contribution >= 4 is 5.69 Å². The van der Waals surface area contributed by atoms with Gasteiger partial charge in [-0.25, -0.2) is 0 Å². The highest BCUT2D eigenvalue weighted by Gasteiger charge is 1.98. The molecule has 1 aromatic rings. The number of methoxy groups -OCH3 is 1. The number of para-hydroxylation sites is 2. The lowest BCUT2D eigenvalue weighted by molar-refractivity contribution is 0.416. The molecule has 0 unspecified atom stereocenters. The predicted octanol–water partition coefficient (Wildman–Crippen LogP) is 3.30. The van der Waals surface area contributed by atoms with Crippen molar-refractivity contribution in [1.82, 2.24) is 0 Å². The van der Waals surface area contributed by atoms with E-state index >= 15 is 0 Å². The zero-order valence-corrected chi connectivity index (χ0v) is 9.05. The monoisotopic (exact) mass is 193 g/mol. The molecule has 0 aliphatic carbocycles. The molecule has 0 fully saturated rings. The number of unbranched alkanes of at least 4 members (excludes halogenated alkanes) is 2. The maximum absolute atomic E-state index is 5.24. The number of anilines is 1. The van der Waals surface area contributed by atoms with E-state index in [9.17, 15) is 0 Å². The van der Waals surface area contributed by atoms with Gasteiger partial charge in [-0.15, -0.1) is 0 Å². The van der Waals surface area contributed by atoms with Crippen LogP contribution in [-0.2, 0) is 0 Å². The van der Waals surface area contributed by atoms with Crippen LogP contribution in [0.1, 0.15) is 26.2 Å². The van der Waals surface area contributed by atoms with Gasteiger partial charge in [-0.05, 0) is 18.6 Å². The quantitative estimate of drug-likeness (QED) is 0.700. The summed E-state index contributed by atoms with van der Waals surface area (Å²) >= 11 is 0. The van der Waals surface area contributed by atoms with Gasteiger partial charge in [0.05, 0.1) is 12.8 Å². The molecule has 78 valence electrons. The Hall–Kier alpha value is -1.18. The third-order valence-corrected chi connectivity index (χ3v) is 2.20. The number of ether oxygens (including phenoxy) is 1. The minimum absolute atomic E-state index is 0.920. The van der Waals surface area contributed by atoms with Crippen LogP contribution in [0.4, 0.5) is 5.69 Å².